The van der Waals surface area contributed by atoms with E-state index in [4.69, 9.17) is 9.47 Å². The summed E-state index contributed by atoms with van der Waals surface area (Å²) in [5.74, 6) is 0.0965. The lowest BCUT2D eigenvalue weighted by Gasteiger charge is -2.15. The number of nitrogens with one attached hydrogen (secondary N) is 2. The molecule has 0 saturated heterocycles. The Bertz CT molecular complexity index is 1470. The van der Waals surface area contributed by atoms with Crippen LogP contribution in [0.5, 0.6) is 11.5 Å². The van der Waals surface area contributed by atoms with Crippen molar-refractivity contribution in [3.05, 3.63) is 107 Å². The van der Waals surface area contributed by atoms with Gasteiger partial charge < -0.3 is 20.1 Å². The zero-order valence-electron chi connectivity index (χ0n) is 22.5. The highest BCUT2D eigenvalue weighted by atomic mass is 16.5. The third kappa shape index (κ3) is 6.24. The summed E-state index contributed by atoms with van der Waals surface area (Å²) in [5.41, 5.74) is 4.46. The number of rotatable bonds is 9. The van der Waals surface area contributed by atoms with E-state index in [1.54, 1.807) is 72.8 Å². The van der Waals surface area contributed by atoms with Gasteiger partial charge in [-0.15, -0.1) is 0 Å². The van der Waals surface area contributed by atoms with E-state index in [1.165, 1.54) is 28.1 Å². The highest BCUT2D eigenvalue weighted by Crippen LogP contribution is 2.35. The van der Waals surface area contributed by atoms with Crippen molar-refractivity contribution in [3.8, 4) is 22.6 Å². The SMILES string of the molecule is COc1cc(-c2ccc(NC(=O)c3ccc(C(C)=O)cc3)c(OC)c2)ccc1NC(=O)c1ccc(C(C)=O)cc1. The van der Waals surface area contributed by atoms with E-state index < -0.39 is 0 Å². The molecular weight excluding hydrogens is 508 g/mol. The minimum absolute atomic E-state index is 0.0725. The molecule has 8 nitrogen and oxygen atoms in total. The van der Waals surface area contributed by atoms with Crippen LogP contribution in [-0.2, 0) is 0 Å². The summed E-state index contributed by atoms with van der Waals surface area (Å²) in [4.78, 5) is 48.5. The summed E-state index contributed by atoms with van der Waals surface area (Å²) in [6, 6.07) is 23.6. The highest BCUT2D eigenvalue weighted by Gasteiger charge is 2.15. The Morgan fingerprint density at radius 1 is 0.500 bits per heavy atom. The molecule has 0 radical (unpaired) electrons. The molecule has 0 fully saturated rings. The molecule has 8 heteroatoms. The van der Waals surface area contributed by atoms with Crippen molar-refractivity contribution in [1.82, 2.24) is 0 Å². The van der Waals surface area contributed by atoms with Crippen molar-refractivity contribution in [2.45, 2.75) is 13.8 Å². The van der Waals surface area contributed by atoms with Gasteiger partial charge in [0, 0.05) is 22.3 Å². The molecule has 0 aliphatic carbocycles. The standard InChI is InChI=1S/C32H28N2O6/c1-19(35)21-5-9-23(10-6-21)31(37)33-27-15-13-25(17-29(27)39-3)26-14-16-28(30(18-26)40-4)34-32(38)24-11-7-22(8-12-24)20(2)36/h5-18H,1-4H3,(H,33,37)(H,34,38). The minimum Gasteiger partial charge on any atom is -0.495 e. The number of amides is 2. The van der Waals surface area contributed by atoms with Crippen LogP contribution in [0.2, 0.25) is 0 Å². The van der Waals surface area contributed by atoms with Crippen LogP contribution < -0.4 is 20.1 Å². The average molecular weight is 537 g/mol. The first-order chi connectivity index (χ1) is 19.2. The van der Waals surface area contributed by atoms with Gasteiger partial charge in [-0.05, 0) is 73.5 Å². The Morgan fingerprint density at radius 3 is 1.12 bits per heavy atom. The van der Waals surface area contributed by atoms with E-state index in [1.807, 2.05) is 12.1 Å². The van der Waals surface area contributed by atoms with Gasteiger partial charge in [0.25, 0.3) is 11.8 Å². The summed E-state index contributed by atoms with van der Waals surface area (Å²) in [7, 11) is 3.02. The molecule has 4 aromatic rings. The van der Waals surface area contributed by atoms with Crippen LogP contribution in [0.4, 0.5) is 11.4 Å². The molecule has 2 N–H and O–H groups in total. The lowest BCUT2D eigenvalue weighted by molar-refractivity contribution is 0.100. The molecule has 0 aliphatic rings. The fraction of sp³-hybridized carbons (Fsp3) is 0.125. The van der Waals surface area contributed by atoms with E-state index in [0.717, 1.165) is 11.1 Å². The van der Waals surface area contributed by atoms with E-state index in [2.05, 4.69) is 10.6 Å². The molecule has 4 rings (SSSR count). The summed E-state index contributed by atoms with van der Waals surface area (Å²) in [6.07, 6.45) is 0. The van der Waals surface area contributed by atoms with Crippen LogP contribution in [0.25, 0.3) is 11.1 Å². The van der Waals surface area contributed by atoms with Crippen molar-refractivity contribution in [3.63, 3.8) is 0 Å². The maximum Gasteiger partial charge on any atom is 0.255 e. The Kier molecular flexibility index (Phi) is 8.39. The van der Waals surface area contributed by atoms with E-state index >= 15 is 0 Å². The molecule has 0 aromatic heterocycles. The van der Waals surface area contributed by atoms with Gasteiger partial charge in [-0.25, -0.2) is 0 Å². The summed E-state index contributed by atoms with van der Waals surface area (Å²) in [5, 5.41) is 5.69. The van der Waals surface area contributed by atoms with Crippen LogP contribution in [0.3, 0.4) is 0 Å². The van der Waals surface area contributed by atoms with E-state index in [0.29, 0.717) is 45.1 Å². The van der Waals surface area contributed by atoms with Gasteiger partial charge in [-0.2, -0.15) is 0 Å². The van der Waals surface area contributed by atoms with E-state index in [-0.39, 0.29) is 23.4 Å². The number of benzene rings is 4. The molecule has 40 heavy (non-hydrogen) atoms. The number of ether oxygens (including phenoxy) is 2. The first kappa shape index (κ1) is 27.8. The molecule has 0 bridgehead atoms. The molecular formula is C32H28N2O6. The Hall–Kier alpha value is -5.24. The molecule has 0 unspecified atom stereocenters. The number of hydrogen-bond acceptors (Lipinski definition) is 6. The van der Waals surface area contributed by atoms with Crippen LogP contribution >= 0.6 is 0 Å². The second kappa shape index (κ2) is 12.1. The summed E-state index contributed by atoms with van der Waals surface area (Å²) >= 11 is 0. The fourth-order valence-corrected chi connectivity index (χ4v) is 4.05. The number of carbonyl (C=O) groups is 4. The highest BCUT2D eigenvalue weighted by molar-refractivity contribution is 6.07. The van der Waals surface area contributed by atoms with Gasteiger partial charge in [-0.3, -0.25) is 19.2 Å². The third-order valence-corrected chi connectivity index (χ3v) is 6.34. The number of methoxy groups -OCH3 is 2. The molecule has 0 aliphatic heterocycles. The summed E-state index contributed by atoms with van der Waals surface area (Å²) < 4.78 is 11.1. The van der Waals surface area contributed by atoms with Crippen LogP contribution in [0.1, 0.15) is 55.3 Å². The Morgan fingerprint density at radius 2 is 0.825 bits per heavy atom. The van der Waals surface area contributed by atoms with Gasteiger partial charge in [0.15, 0.2) is 11.6 Å². The third-order valence-electron chi connectivity index (χ3n) is 6.34. The van der Waals surface area contributed by atoms with Crippen molar-refractivity contribution < 1.29 is 28.7 Å². The molecule has 0 heterocycles. The first-order valence-corrected chi connectivity index (χ1v) is 12.4. The molecule has 0 atom stereocenters. The second-order valence-electron chi connectivity index (χ2n) is 9.01. The first-order valence-electron chi connectivity index (χ1n) is 12.4. The van der Waals surface area contributed by atoms with Crippen LogP contribution in [0, 0.1) is 0 Å². The monoisotopic (exact) mass is 536 g/mol. The largest absolute Gasteiger partial charge is 0.495 e. The topological polar surface area (TPSA) is 111 Å². The van der Waals surface area contributed by atoms with Gasteiger partial charge >= 0.3 is 0 Å². The van der Waals surface area contributed by atoms with Crippen molar-refractivity contribution in [2.75, 3.05) is 24.9 Å². The smallest absolute Gasteiger partial charge is 0.255 e. The number of Topliss-reactive ketones (excluding diaryl/α,β-unsaturated/α-hetero) is 2. The van der Waals surface area contributed by atoms with Gasteiger partial charge in [0.1, 0.15) is 11.5 Å². The molecule has 0 spiro atoms. The normalized spacial score (nSPS) is 10.4. The van der Waals surface area contributed by atoms with Crippen molar-refractivity contribution in [2.24, 2.45) is 0 Å². The van der Waals surface area contributed by atoms with Gasteiger partial charge in [0.2, 0.25) is 0 Å². The van der Waals surface area contributed by atoms with Gasteiger partial charge in [0.05, 0.1) is 25.6 Å². The zero-order valence-corrected chi connectivity index (χ0v) is 22.5. The maximum absolute atomic E-state index is 12.8. The predicted molar refractivity (Wildman–Crippen MR) is 154 cm³/mol. The molecule has 202 valence electrons. The van der Waals surface area contributed by atoms with Crippen LogP contribution in [0.15, 0.2) is 84.9 Å². The number of anilines is 2. The minimum atomic E-state index is -0.334. The van der Waals surface area contributed by atoms with Crippen molar-refractivity contribution in [1.29, 1.82) is 0 Å². The van der Waals surface area contributed by atoms with Gasteiger partial charge in [-0.1, -0.05) is 36.4 Å². The predicted octanol–water partition coefficient (Wildman–Crippen LogP) is 6.28. The maximum atomic E-state index is 12.8. The fourth-order valence-electron chi connectivity index (χ4n) is 4.05. The van der Waals surface area contributed by atoms with Crippen LogP contribution in [-0.4, -0.2) is 37.6 Å². The van der Waals surface area contributed by atoms with Crippen molar-refractivity contribution >= 4 is 34.8 Å². The lowest BCUT2D eigenvalue weighted by atomic mass is 10.0. The van der Waals surface area contributed by atoms with E-state index in [9.17, 15) is 19.2 Å². The number of ketones is 2. The summed E-state index contributed by atoms with van der Waals surface area (Å²) in [6.45, 7) is 2.94. The Balaban J connectivity index is 1.52. The molecule has 2 amide bonds. The quantitative estimate of drug-likeness (QED) is 0.244. The molecule has 0 saturated carbocycles. The average Bonchev–Trinajstić information content (AvgIpc) is 2.97. The molecule has 4 aromatic carbocycles. The second-order valence-corrected chi connectivity index (χ2v) is 9.01. The Labute approximate surface area is 231 Å². The lowest BCUT2D eigenvalue weighted by Crippen LogP contribution is -2.13. The number of carbonyl (C=O) groups excluding carboxylic acids is 4. The number of hydrogen-bond donors (Lipinski definition) is 2. The zero-order chi connectivity index (χ0) is 28.8.